The topological polar surface area (TPSA) is 85.8 Å². The minimum Gasteiger partial charge on any atom is -0.350 e. The summed E-state index contributed by atoms with van der Waals surface area (Å²) in [5.41, 5.74) is 2.19. The van der Waals surface area contributed by atoms with Crippen LogP contribution in [0.1, 0.15) is 37.8 Å². The number of para-hydroxylation sites is 1. The summed E-state index contributed by atoms with van der Waals surface area (Å²) in [6.45, 7) is 6.84. The lowest BCUT2D eigenvalue weighted by Gasteiger charge is -2.41. The first-order chi connectivity index (χ1) is 18.1. The van der Waals surface area contributed by atoms with Crippen LogP contribution >= 0.6 is 0 Å². The SMILES string of the molecule is CC1(C)CN(c2nc3ccccc3cc2S(=O)(=O)N2CCCC(N3CCNC3=O)C2)Cc2ccc(F)cc21. The summed E-state index contributed by atoms with van der Waals surface area (Å²) in [5.74, 6) is 0.136. The van der Waals surface area contributed by atoms with Crippen molar-refractivity contribution < 1.29 is 17.6 Å². The van der Waals surface area contributed by atoms with Crippen molar-refractivity contribution in [2.45, 2.75) is 49.6 Å². The number of nitrogens with zero attached hydrogens (tertiary/aromatic N) is 4. The highest BCUT2D eigenvalue weighted by Crippen LogP contribution is 2.39. The molecule has 2 amide bonds. The van der Waals surface area contributed by atoms with E-state index in [1.54, 1.807) is 23.1 Å². The van der Waals surface area contributed by atoms with Crippen molar-refractivity contribution in [1.29, 1.82) is 0 Å². The molecule has 3 aliphatic rings. The molecule has 0 radical (unpaired) electrons. The highest BCUT2D eigenvalue weighted by atomic mass is 32.2. The summed E-state index contributed by atoms with van der Waals surface area (Å²) < 4.78 is 44.2. The highest BCUT2D eigenvalue weighted by molar-refractivity contribution is 7.89. The number of halogens is 1. The van der Waals surface area contributed by atoms with Crippen molar-refractivity contribution in [2.75, 3.05) is 37.6 Å². The van der Waals surface area contributed by atoms with E-state index in [1.165, 1.54) is 10.4 Å². The maximum Gasteiger partial charge on any atom is 0.317 e. The zero-order chi connectivity index (χ0) is 26.7. The van der Waals surface area contributed by atoms with Crippen molar-refractivity contribution in [3.05, 3.63) is 65.5 Å². The molecule has 2 aromatic carbocycles. The molecule has 0 saturated carbocycles. The summed E-state index contributed by atoms with van der Waals surface area (Å²) in [6, 6.07) is 13.8. The average molecular weight is 538 g/mol. The quantitative estimate of drug-likeness (QED) is 0.547. The Kier molecular flexibility index (Phi) is 6.07. The molecule has 1 unspecified atom stereocenters. The van der Waals surface area contributed by atoms with Crippen LogP contribution in [0.4, 0.5) is 15.0 Å². The molecule has 4 heterocycles. The van der Waals surface area contributed by atoms with Crippen molar-refractivity contribution in [2.24, 2.45) is 0 Å². The third-order valence-corrected chi connectivity index (χ3v) is 9.89. The first-order valence-electron chi connectivity index (χ1n) is 13.1. The van der Waals surface area contributed by atoms with Gasteiger partial charge in [0.2, 0.25) is 10.0 Å². The Labute approximate surface area is 222 Å². The number of carbonyl (C=O) groups is 1. The molecule has 10 heteroatoms. The van der Waals surface area contributed by atoms with Crippen LogP contribution in [0.15, 0.2) is 53.4 Å². The highest BCUT2D eigenvalue weighted by Gasteiger charge is 2.40. The first-order valence-corrected chi connectivity index (χ1v) is 14.6. The number of pyridine rings is 1. The van der Waals surface area contributed by atoms with Gasteiger partial charge in [-0.3, -0.25) is 0 Å². The molecule has 0 spiro atoms. The lowest BCUT2D eigenvalue weighted by atomic mass is 9.78. The summed E-state index contributed by atoms with van der Waals surface area (Å²) in [5, 5.41) is 3.57. The number of fused-ring (bicyclic) bond motifs is 2. The Morgan fingerprint density at radius 1 is 1.11 bits per heavy atom. The van der Waals surface area contributed by atoms with E-state index in [4.69, 9.17) is 4.98 Å². The van der Waals surface area contributed by atoms with Crippen LogP contribution in [0.25, 0.3) is 10.9 Å². The fourth-order valence-corrected chi connectivity index (χ4v) is 7.86. The van der Waals surface area contributed by atoms with E-state index < -0.39 is 15.4 Å². The van der Waals surface area contributed by atoms with E-state index in [-0.39, 0.29) is 29.3 Å². The predicted octanol–water partition coefficient (Wildman–Crippen LogP) is 3.85. The van der Waals surface area contributed by atoms with Crippen molar-refractivity contribution in [3.8, 4) is 0 Å². The van der Waals surface area contributed by atoms with Gasteiger partial charge in [-0.2, -0.15) is 4.31 Å². The average Bonchev–Trinajstić information content (AvgIpc) is 3.34. The molecule has 200 valence electrons. The number of rotatable bonds is 4. The lowest BCUT2D eigenvalue weighted by Crippen LogP contribution is -2.51. The van der Waals surface area contributed by atoms with E-state index in [0.717, 1.165) is 28.5 Å². The molecule has 2 fully saturated rings. The molecule has 38 heavy (non-hydrogen) atoms. The van der Waals surface area contributed by atoms with Gasteiger partial charge in [-0.25, -0.2) is 22.6 Å². The number of aromatic nitrogens is 1. The standard InChI is InChI=1S/C28H32FN5O3S/c1-28(2)18-32(16-20-9-10-21(29)15-23(20)28)26-25(14-19-6-3-4-8-24(19)31-26)38(36,37)33-12-5-7-22(17-33)34-13-11-30-27(34)35/h3-4,6,8-10,14-15,22H,5,7,11-13,16-18H2,1-2H3,(H,30,35). The monoisotopic (exact) mass is 537 g/mol. The van der Waals surface area contributed by atoms with Gasteiger partial charge >= 0.3 is 6.03 Å². The van der Waals surface area contributed by atoms with Crippen LogP contribution in [0.2, 0.25) is 0 Å². The predicted molar refractivity (Wildman–Crippen MR) is 144 cm³/mol. The normalized spacial score (nSPS) is 22.0. The summed E-state index contributed by atoms with van der Waals surface area (Å²) in [6.07, 6.45) is 1.45. The van der Waals surface area contributed by atoms with Crippen LogP contribution in [-0.2, 0) is 22.0 Å². The maximum absolute atomic E-state index is 14.3. The van der Waals surface area contributed by atoms with Gasteiger partial charge in [0.15, 0.2) is 0 Å². The third kappa shape index (κ3) is 4.29. The number of piperidine rings is 1. The van der Waals surface area contributed by atoms with Crippen molar-refractivity contribution >= 4 is 32.8 Å². The molecule has 1 atom stereocenters. The number of anilines is 1. The number of hydrogen-bond acceptors (Lipinski definition) is 5. The Morgan fingerprint density at radius 2 is 1.92 bits per heavy atom. The van der Waals surface area contributed by atoms with Gasteiger partial charge in [0.1, 0.15) is 16.5 Å². The fraction of sp³-hybridized carbons (Fsp3) is 0.429. The molecule has 2 saturated heterocycles. The van der Waals surface area contributed by atoms with Crippen molar-refractivity contribution in [1.82, 2.24) is 19.5 Å². The third-order valence-electron chi connectivity index (χ3n) is 8.03. The molecule has 1 aromatic heterocycles. The number of sulfonamides is 1. The maximum atomic E-state index is 14.3. The van der Waals surface area contributed by atoms with Gasteiger partial charge in [0.25, 0.3) is 0 Å². The van der Waals surface area contributed by atoms with Gasteiger partial charge in [0.05, 0.1) is 5.52 Å². The molecule has 3 aromatic rings. The number of urea groups is 1. The van der Waals surface area contributed by atoms with Gasteiger partial charge in [0, 0.05) is 56.1 Å². The Morgan fingerprint density at radius 3 is 2.71 bits per heavy atom. The van der Waals surface area contributed by atoms with Gasteiger partial charge in [-0.1, -0.05) is 38.1 Å². The van der Waals surface area contributed by atoms with E-state index in [1.807, 2.05) is 43.0 Å². The second-order valence-electron chi connectivity index (χ2n) is 11.1. The zero-order valence-electron chi connectivity index (χ0n) is 21.7. The largest absolute Gasteiger partial charge is 0.350 e. The Balaban J connectivity index is 1.42. The second-order valence-corrected chi connectivity index (χ2v) is 13.0. The smallest absolute Gasteiger partial charge is 0.317 e. The molecular formula is C28H32FN5O3S. The molecule has 1 N–H and O–H groups in total. The Bertz CT molecular complexity index is 1530. The first kappa shape index (κ1) is 25.1. The minimum absolute atomic E-state index is 0.132. The molecule has 6 rings (SSSR count). The van der Waals surface area contributed by atoms with E-state index >= 15 is 0 Å². The van der Waals surface area contributed by atoms with E-state index in [2.05, 4.69) is 5.32 Å². The zero-order valence-corrected chi connectivity index (χ0v) is 22.5. The molecule has 3 aliphatic heterocycles. The number of carbonyl (C=O) groups excluding carboxylic acids is 1. The minimum atomic E-state index is -3.92. The van der Waals surface area contributed by atoms with E-state index in [0.29, 0.717) is 45.0 Å². The van der Waals surface area contributed by atoms with Crippen LogP contribution in [-0.4, -0.2) is 67.4 Å². The van der Waals surface area contributed by atoms with Crippen molar-refractivity contribution in [3.63, 3.8) is 0 Å². The van der Waals surface area contributed by atoms with Crippen LogP contribution in [0.5, 0.6) is 0 Å². The van der Waals surface area contributed by atoms with Crippen LogP contribution in [0.3, 0.4) is 0 Å². The molecule has 0 aliphatic carbocycles. The van der Waals surface area contributed by atoms with Gasteiger partial charge < -0.3 is 15.1 Å². The summed E-state index contributed by atoms with van der Waals surface area (Å²) in [7, 11) is -3.92. The van der Waals surface area contributed by atoms with Gasteiger partial charge in [-0.05, 0) is 48.2 Å². The molecule has 0 bridgehead atoms. The number of amides is 2. The van der Waals surface area contributed by atoms with Gasteiger partial charge in [-0.15, -0.1) is 0 Å². The van der Waals surface area contributed by atoms with Crippen LogP contribution in [0, 0.1) is 5.82 Å². The number of nitrogens with one attached hydrogen (secondary N) is 1. The van der Waals surface area contributed by atoms with E-state index in [9.17, 15) is 17.6 Å². The summed E-state index contributed by atoms with van der Waals surface area (Å²) in [4.78, 5) is 21.1. The fourth-order valence-electron chi connectivity index (χ4n) is 6.16. The number of benzene rings is 2. The molecular weight excluding hydrogens is 505 g/mol. The second kappa shape index (κ2) is 9.20. The Hall–Kier alpha value is -3.24. The summed E-state index contributed by atoms with van der Waals surface area (Å²) >= 11 is 0. The lowest BCUT2D eigenvalue weighted by molar-refractivity contribution is 0.163. The molecule has 8 nitrogen and oxygen atoms in total. The van der Waals surface area contributed by atoms with Crippen LogP contribution < -0.4 is 10.2 Å². The number of hydrogen-bond donors (Lipinski definition) is 1.